The van der Waals surface area contributed by atoms with Crippen LogP contribution in [-0.4, -0.2) is 52.7 Å². The standard InChI is InChI=1S/C23H24N4O6S/c1-3-32-18-10-15(12-24-27-23-26-22(31)19(34-23)11-21(29)30)6-9-17(18)33-13-20(28)25-16-7-4-14(2)5-8-16/h4-10,12,19H,3,11,13H2,1-2H3,(H,25,28)(H,29,30)(H,26,27,31). The molecule has 1 aliphatic heterocycles. The number of anilines is 1. The number of carboxylic acids is 1. The number of benzene rings is 2. The maximum absolute atomic E-state index is 12.2. The van der Waals surface area contributed by atoms with Gasteiger partial charge in [-0.1, -0.05) is 29.5 Å². The van der Waals surface area contributed by atoms with Gasteiger partial charge in [0.25, 0.3) is 5.91 Å². The van der Waals surface area contributed by atoms with Crippen LogP contribution in [-0.2, 0) is 14.4 Å². The molecule has 3 N–H and O–H groups in total. The number of thioether (sulfide) groups is 1. The summed E-state index contributed by atoms with van der Waals surface area (Å²) in [5.41, 5.74) is 2.43. The Hall–Kier alpha value is -3.86. The average Bonchev–Trinajstić information content (AvgIpc) is 3.13. The van der Waals surface area contributed by atoms with E-state index < -0.39 is 17.1 Å². The Bertz CT molecular complexity index is 1120. The summed E-state index contributed by atoms with van der Waals surface area (Å²) in [5.74, 6) is -0.930. The molecule has 0 saturated carbocycles. The monoisotopic (exact) mass is 484 g/mol. The number of ether oxygens (including phenoxy) is 2. The average molecular weight is 485 g/mol. The van der Waals surface area contributed by atoms with Crippen LogP contribution in [0.1, 0.15) is 24.5 Å². The lowest BCUT2D eigenvalue weighted by molar-refractivity contribution is -0.138. The lowest BCUT2D eigenvalue weighted by Gasteiger charge is -2.12. The highest BCUT2D eigenvalue weighted by molar-refractivity contribution is 8.15. The van der Waals surface area contributed by atoms with Crippen molar-refractivity contribution in [3.63, 3.8) is 0 Å². The Morgan fingerprint density at radius 1 is 1.18 bits per heavy atom. The molecule has 0 aromatic heterocycles. The number of rotatable bonds is 10. The number of aliphatic carboxylic acids is 1. The molecular formula is C23H24N4O6S. The van der Waals surface area contributed by atoms with Crippen molar-refractivity contribution in [1.82, 2.24) is 5.32 Å². The highest BCUT2D eigenvalue weighted by Gasteiger charge is 2.32. The van der Waals surface area contributed by atoms with Crippen molar-refractivity contribution in [3.05, 3.63) is 53.6 Å². The maximum atomic E-state index is 12.2. The fourth-order valence-corrected chi connectivity index (χ4v) is 3.78. The third-order valence-electron chi connectivity index (χ3n) is 4.45. The largest absolute Gasteiger partial charge is 0.490 e. The molecule has 1 atom stereocenters. The molecule has 1 fully saturated rings. The summed E-state index contributed by atoms with van der Waals surface area (Å²) in [6, 6.07) is 12.5. The topological polar surface area (TPSA) is 139 Å². The number of nitrogens with zero attached hydrogens (tertiary/aromatic N) is 2. The number of aryl methyl sites for hydroxylation is 1. The first kappa shape index (κ1) is 24.8. The zero-order valence-corrected chi connectivity index (χ0v) is 19.4. The minimum Gasteiger partial charge on any atom is -0.490 e. The van der Waals surface area contributed by atoms with Crippen LogP contribution < -0.4 is 20.1 Å². The Kier molecular flexibility index (Phi) is 8.63. The van der Waals surface area contributed by atoms with E-state index >= 15 is 0 Å². The van der Waals surface area contributed by atoms with E-state index in [0.717, 1.165) is 17.3 Å². The lowest BCUT2D eigenvalue weighted by atomic mass is 10.2. The van der Waals surface area contributed by atoms with E-state index in [1.165, 1.54) is 6.21 Å². The third kappa shape index (κ3) is 7.34. The molecule has 1 heterocycles. The predicted molar refractivity (Wildman–Crippen MR) is 130 cm³/mol. The van der Waals surface area contributed by atoms with E-state index in [-0.39, 0.29) is 24.1 Å². The summed E-state index contributed by atoms with van der Waals surface area (Å²) in [4.78, 5) is 34.7. The van der Waals surface area contributed by atoms with Crippen LogP contribution in [0.4, 0.5) is 5.69 Å². The molecule has 1 saturated heterocycles. The van der Waals surface area contributed by atoms with Crippen molar-refractivity contribution < 1.29 is 29.0 Å². The minimum absolute atomic E-state index is 0.191. The lowest BCUT2D eigenvalue weighted by Crippen LogP contribution is -2.26. The van der Waals surface area contributed by atoms with Gasteiger partial charge in [0.15, 0.2) is 23.3 Å². The Balaban J connectivity index is 1.60. The van der Waals surface area contributed by atoms with Gasteiger partial charge in [-0.3, -0.25) is 14.4 Å². The van der Waals surface area contributed by atoms with Gasteiger partial charge in [0, 0.05) is 5.69 Å². The van der Waals surface area contributed by atoms with Crippen molar-refractivity contribution in [2.45, 2.75) is 25.5 Å². The first-order valence-electron chi connectivity index (χ1n) is 10.4. The Labute approximate surface area is 200 Å². The molecule has 11 heteroatoms. The molecule has 1 unspecified atom stereocenters. The van der Waals surface area contributed by atoms with Gasteiger partial charge >= 0.3 is 5.97 Å². The third-order valence-corrected chi connectivity index (χ3v) is 5.53. The number of nitrogens with one attached hydrogen (secondary N) is 2. The Morgan fingerprint density at radius 3 is 2.65 bits per heavy atom. The van der Waals surface area contributed by atoms with Crippen LogP contribution >= 0.6 is 11.8 Å². The fraction of sp³-hybridized carbons (Fsp3) is 0.261. The number of carbonyl (C=O) groups is 3. The number of amidine groups is 1. The van der Waals surface area contributed by atoms with Gasteiger partial charge < -0.3 is 25.2 Å². The highest BCUT2D eigenvalue weighted by Crippen LogP contribution is 2.28. The Morgan fingerprint density at radius 2 is 1.94 bits per heavy atom. The molecule has 1 aliphatic rings. The molecule has 0 radical (unpaired) electrons. The van der Waals surface area contributed by atoms with Crippen LogP contribution in [0.2, 0.25) is 0 Å². The second-order valence-electron chi connectivity index (χ2n) is 7.19. The first-order chi connectivity index (χ1) is 16.3. The van der Waals surface area contributed by atoms with Crippen molar-refractivity contribution in [3.8, 4) is 11.5 Å². The van der Waals surface area contributed by atoms with E-state index in [2.05, 4.69) is 20.8 Å². The number of hydrogen-bond donors (Lipinski definition) is 3. The van der Waals surface area contributed by atoms with Gasteiger partial charge in [0.2, 0.25) is 5.91 Å². The van der Waals surface area contributed by atoms with Crippen LogP contribution in [0.15, 0.2) is 52.7 Å². The van der Waals surface area contributed by atoms with Crippen LogP contribution in [0, 0.1) is 6.92 Å². The molecule has 0 aliphatic carbocycles. The molecule has 0 spiro atoms. The van der Waals surface area contributed by atoms with Crippen molar-refractivity contribution in [2.24, 2.45) is 10.2 Å². The van der Waals surface area contributed by atoms with E-state index in [0.29, 0.717) is 29.4 Å². The molecule has 2 aromatic carbocycles. The maximum Gasteiger partial charge on any atom is 0.305 e. The van der Waals surface area contributed by atoms with Crippen molar-refractivity contribution in [2.75, 3.05) is 18.5 Å². The van der Waals surface area contributed by atoms with Gasteiger partial charge in [0.1, 0.15) is 5.25 Å². The summed E-state index contributed by atoms with van der Waals surface area (Å²) in [5, 5.41) is 21.5. The second kappa shape index (κ2) is 11.8. The number of carbonyl (C=O) groups excluding carboxylic acids is 2. The number of carboxylic acid groups (broad SMARTS) is 1. The quantitative estimate of drug-likeness (QED) is 0.348. The summed E-state index contributed by atoms with van der Waals surface area (Å²) < 4.78 is 11.3. The summed E-state index contributed by atoms with van der Waals surface area (Å²) in [6.45, 7) is 3.99. The normalized spacial score (nSPS) is 16.5. The van der Waals surface area contributed by atoms with Gasteiger partial charge in [-0.05, 0) is 49.7 Å². The zero-order valence-electron chi connectivity index (χ0n) is 18.6. The van der Waals surface area contributed by atoms with Crippen molar-refractivity contribution in [1.29, 1.82) is 0 Å². The molecule has 3 rings (SSSR count). The summed E-state index contributed by atoms with van der Waals surface area (Å²) in [7, 11) is 0. The zero-order chi connectivity index (χ0) is 24.5. The van der Waals surface area contributed by atoms with Crippen LogP contribution in [0.5, 0.6) is 11.5 Å². The van der Waals surface area contributed by atoms with Gasteiger partial charge in [0.05, 0.1) is 19.2 Å². The molecular weight excluding hydrogens is 460 g/mol. The second-order valence-corrected chi connectivity index (χ2v) is 8.38. The molecule has 0 bridgehead atoms. The van der Waals surface area contributed by atoms with Gasteiger partial charge in [-0.25, -0.2) is 0 Å². The SMILES string of the molecule is CCOc1cc(C=NN=C2NC(=O)C(CC(=O)O)S2)ccc1OCC(=O)Nc1ccc(C)cc1. The van der Waals surface area contributed by atoms with Crippen LogP contribution in [0.3, 0.4) is 0 Å². The summed E-state index contributed by atoms with van der Waals surface area (Å²) >= 11 is 1.02. The minimum atomic E-state index is -1.06. The van der Waals surface area contributed by atoms with E-state index in [4.69, 9.17) is 14.6 Å². The molecule has 178 valence electrons. The van der Waals surface area contributed by atoms with E-state index in [1.807, 2.05) is 38.1 Å². The summed E-state index contributed by atoms with van der Waals surface area (Å²) in [6.07, 6.45) is 1.17. The van der Waals surface area contributed by atoms with Gasteiger partial charge in [-0.15, -0.1) is 5.10 Å². The van der Waals surface area contributed by atoms with Crippen LogP contribution in [0.25, 0.3) is 0 Å². The molecule has 2 aromatic rings. The molecule has 34 heavy (non-hydrogen) atoms. The first-order valence-corrected chi connectivity index (χ1v) is 11.3. The fourth-order valence-electron chi connectivity index (χ4n) is 2.86. The molecule has 10 nitrogen and oxygen atoms in total. The van der Waals surface area contributed by atoms with E-state index in [9.17, 15) is 14.4 Å². The van der Waals surface area contributed by atoms with Crippen molar-refractivity contribution >= 4 is 46.6 Å². The van der Waals surface area contributed by atoms with Gasteiger partial charge in [-0.2, -0.15) is 5.10 Å². The number of amides is 2. The number of hydrogen-bond acceptors (Lipinski definition) is 8. The molecule has 2 amide bonds. The predicted octanol–water partition coefficient (Wildman–Crippen LogP) is 2.81. The van der Waals surface area contributed by atoms with E-state index in [1.54, 1.807) is 18.2 Å². The smallest absolute Gasteiger partial charge is 0.305 e. The highest BCUT2D eigenvalue weighted by atomic mass is 32.2.